The van der Waals surface area contributed by atoms with Gasteiger partial charge in [-0.25, -0.2) is 8.78 Å². The van der Waals surface area contributed by atoms with Crippen LogP contribution in [-0.2, 0) is 6.61 Å². The lowest BCUT2D eigenvalue weighted by atomic mass is 10.2. The SMILES string of the molecule is Nc1cc(F)cc(Br)c1OCc1ccc(Br)cc1F. The smallest absolute Gasteiger partial charge is 0.157 e. The third-order valence-corrected chi connectivity index (χ3v) is 3.51. The van der Waals surface area contributed by atoms with E-state index in [1.165, 1.54) is 12.1 Å². The van der Waals surface area contributed by atoms with Crippen LogP contribution in [0.3, 0.4) is 0 Å². The molecule has 0 saturated carbocycles. The number of benzene rings is 2. The van der Waals surface area contributed by atoms with E-state index >= 15 is 0 Å². The summed E-state index contributed by atoms with van der Waals surface area (Å²) >= 11 is 6.33. The molecule has 0 radical (unpaired) electrons. The normalized spacial score (nSPS) is 10.5. The molecular weight excluding hydrogens is 384 g/mol. The highest BCUT2D eigenvalue weighted by Crippen LogP contribution is 2.33. The summed E-state index contributed by atoms with van der Waals surface area (Å²) in [5.74, 6) is -0.554. The Morgan fingerprint density at radius 2 is 1.84 bits per heavy atom. The molecule has 2 nitrogen and oxygen atoms in total. The molecule has 0 aliphatic heterocycles. The monoisotopic (exact) mass is 391 g/mol. The van der Waals surface area contributed by atoms with Gasteiger partial charge in [0, 0.05) is 16.1 Å². The van der Waals surface area contributed by atoms with E-state index in [0.717, 1.165) is 6.07 Å². The number of ether oxygens (including phenoxy) is 1. The molecular formula is C13H9Br2F2NO. The molecule has 0 amide bonds. The maximum absolute atomic E-state index is 13.6. The van der Waals surface area contributed by atoms with Gasteiger partial charge in [0.15, 0.2) is 5.75 Å². The van der Waals surface area contributed by atoms with Gasteiger partial charge in [0.2, 0.25) is 0 Å². The minimum absolute atomic E-state index is 0.00749. The van der Waals surface area contributed by atoms with Crippen molar-refractivity contribution >= 4 is 37.5 Å². The van der Waals surface area contributed by atoms with Crippen molar-refractivity contribution in [1.29, 1.82) is 0 Å². The Balaban J connectivity index is 2.19. The molecule has 0 spiro atoms. The van der Waals surface area contributed by atoms with Crippen LogP contribution in [0.25, 0.3) is 0 Å². The van der Waals surface area contributed by atoms with Gasteiger partial charge in [-0.3, -0.25) is 0 Å². The minimum atomic E-state index is -0.466. The molecule has 2 aromatic carbocycles. The number of hydrogen-bond donors (Lipinski definition) is 1. The summed E-state index contributed by atoms with van der Waals surface area (Å²) in [5, 5.41) is 0. The topological polar surface area (TPSA) is 35.2 Å². The average molecular weight is 393 g/mol. The average Bonchev–Trinajstić information content (AvgIpc) is 2.30. The Morgan fingerprint density at radius 1 is 1.11 bits per heavy atom. The fourth-order valence-electron chi connectivity index (χ4n) is 1.52. The molecule has 0 atom stereocenters. The number of halogens is 4. The zero-order valence-corrected chi connectivity index (χ0v) is 12.8. The first-order chi connectivity index (χ1) is 8.97. The van der Waals surface area contributed by atoms with E-state index < -0.39 is 5.82 Å². The Kier molecular flexibility index (Phi) is 4.42. The molecule has 100 valence electrons. The van der Waals surface area contributed by atoms with E-state index in [1.807, 2.05) is 0 Å². The molecule has 0 aliphatic rings. The van der Waals surface area contributed by atoms with Gasteiger partial charge in [0.1, 0.15) is 18.2 Å². The molecule has 0 heterocycles. The quantitative estimate of drug-likeness (QED) is 0.771. The van der Waals surface area contributed by atoms with Crippen LogP contribution in [0.4, 0.5) is 14.5 Å². The molecule has 2 rings (SSSR count). The van der Waals surface area contributed by atoms with Crippen LogP contribution in [0.1, 0.15) is 5.56 Å². The highest BCUT2D eigenvalue weighted by molar-refractivity contribution is 9.10. The van der Waals surface area contributed by atoms with Crippen LogP contribution >= 0.6 is 31.9 Å². The highest BCUT2D eigenvalue weighted by atomic mass is 79.9. The number of rotatable bonds is 3. The summed E-state index contributed by atoms with van der Waals surface area (Å²) in [6.45, 7) is 0.00749. The molecule has 2 N–H and O–H groups in total. The summed E-state index contributed by atoms with van der Waals surface area (Å²) in [7, 11) is 0. The molecule has 2 aromatic rings. The van der Waals surface area contributed by atoms with Crippen LogP contribution in [-0.4, -0.2) is 0 Å². The molecule has 19 heavy (non-hydrogen) atoms. The van der Waals surface area contributed by atoms with Crippen LogP contribution in [0, 0.1) is 11.6 Å². The van der Waals surface area contributed by atoms with Crippen molar-refractivity contribution in [1.82, 2.24) is 0 Å². The van der Waals surface area contributed by atoms with Crippen molar-refractivity contribution in [3.05, 3.63) is 56.5 Å². The summed E-state index contributed by atoms with van der Waals surface area (Å²) < 4.78 is 33.1. The van der Waals surface area contributed by atoms with Crippen molar-refractivity contribution in [2.24, 2.45) is 0 Å². The lowest BCUT2D eigenvalue weighted by molar-refractivity contribution is 0.299. The maximum atomic E-state index is 13.6. The number of nitrogen functional groups attached to an aromatic ring is 1. The number of nitrogens with two attached hydrogens (primary N) is 1. The van der Waals surface area contributed by atoms with Crippen LogP contribution in [0.5, 0.6) is 5.75 Å². The summed E-state index contributed by atoms with van der Waals surface area (Å²) in [6, 6.07) is 7.06. The summed E-state index contributed by atoms with van der Waals surface area (Å²) in [4.78, 5) is 0. The van der Waals surface area contributed by atoms with Gasteiger partial charge in [-0.1, -0.05) is 22.0 Å². The second kappa shape index (κ2) is 5.88. The highest BCUT2D eigenvalue weighted by Gasteiger charge is 2.10. The van der Waals surface area contributed by atoms with Crippen molar-refractivity contribution < 1.29 is 13.5 Å². The largest absolute Gasteiger partial charge is 0.485 e. The Bertz CT molecular complexity index is 597. The van der Waals surface area contributed by atoms with Gasteiger partial charge in [0.05, 0.1) is 10.2 Å². The molecule has 0 fully saturated rings. The predicted molar refractivity (Wildman–Crippen MR) is 76.9 cm³/mol. The standard InChI is InChI=1S/C13H9Br2F2NO/c14-8-2-1-7(11(17)3-8)6-19-13-10(15)4-9(16)5-12(13)18/h1-5H,6,18H2. The molecule has 0 bridgehead atoms. The Hall–Kier alpha value is -1.14. The fraction of sp³-hybridized carbons (Fsp3) is 0.0769. The number of hydrogen-bond acceptors (Lipinski definition) is 2. The van der Waals surface area contributed by atoms with Crippen molar-refractivity contribution in [3.63, 3.8) is 0 Å². The Labute approximate surface area is 125 Å². The second-order valence-electron chi connectivity index (χ2n) is 3.83. The van der Waals surface area contributed by atoms with Crippen LogP contribution in [0.2, 0.25) is 0 Å². The van der Waals surface area contributed by atoms with Gasteiger partial charge in [0.25, 0.3) is 0 Å². The summed E-state index contributed by atoms with van der Waals surface area (Å²) in [6.07, 6.45) is 0. The van der Waals surface area contributed by atoms with E-state index in [0.29, 0.717) is 20.3 Å². The fourth-order valence-corrected chi connectivity index (χ4v) is 2.42. The van der Waals surface area contributed by atoms with Crippen molar-refractivity contribution in [2.75, 3.05) is 5.73 Å². The first kappa shape index (κ1) is 14.3. The lowest BCUT2D eigenvalue weighted by Gasteiger charge is -2.11. The predicted octanol–water partition coefficient (Wildman–Crippen LogP) is 4.65. The van der Waals surface area contributed by atoms with E-state index in [2.05, 4.69) is 31.9 Å². The Morgan fingerprint density at radius 3 is 2.47 bits per heavy atom. The van der Waals surface area contributed by atoms with E-state index in [4.69, 9.17) is 10.5 Å². The molecule has 0 aliphatic carbocycles. The first-order valence-electron chi connectivity index (χ1n) is 5.28. The van der Waals surface area contributed by atoms with Gasteiger partial charge in [-0.15, -0.1) is 0 Å². The minimum Gasteiger partial charge on any atom is -0.485 e. The molecule has 0 unspecified atom stereocenters. The van der Waals surface area contributed by atoms with E-state index in [-0.39, 0.29) is 18.1 Å². The summed E-state index contributed by atoms with van der Waals surface area (Å²) in [5.41, 5.74) is 6.20. The lowest BCUT2D eigenvalue weighted by Crippen LogP contribution is -2.02. The van der Waals surface area contributed by atoms with E-state index in [9.17, 15) is 8.78 Å². The molecule has 6 heteroatoms. The molecule has 0 aromatic heterocycles. The van der Waals surface area contributed by atoms with Gasteiger partial charge in [-0.05, 0) is 34.1 Å². The van der Waals surface area contributed by atoms with Crippen LogP contribution in [0.15, 0.2) is 39.3 Å². The second-order valence-corrected chi connectivity index (χ2v) is 5.60. The van der Waals surface area contributed by atoms with Crippen molar-refractivity contribution in [3.8, 4) is 5.75 Å². The number of anilines is 1. The van der Waals surface area contributed by atoms with E-state index in [1.54, 1.807) is 12.1 Å². The van der Waals surface area contributed by atoms with Gasteiger partial charge >= 0.3 is 0 Å². The first-order valence-corrected chi connectivity index (χ1v) is 6.87. The van der Waals surface area contributed by atoms with Crippen LogP contribution < -0.4 is 10.5 Å². The third-order valence-electron chi connectivity index (χ3n) is 2.42. The zero-order valence-electron chi connectivity index (χ0n) is 9.59. The zero-order chi connectivity index (χ0) is 14.0. The van der Waals surface area contributed by atoms with Gasteiger partial charge < -0.3 is 10.5 Å². The maximum Gasteiger partial charge on any atom is 0.157 e. The van der Waals surface area contributed by atoms with Gasteiger partial charge in [-0.2, -0.15) is 0 Å². The molecule has 0 saturated heterocycles. The third kappa shape index (κ3) is 3.45. The van der Waals surface area contributed by atoms with Crippen molar-refractivity contribution in [2.45, 2.75) is 6.61 Å².